The molecule has 0 bridgehead atoms. The van der Waals surface area contributed by atoms with Gasteiger partial charge in [-0.1, -0.05) is 12.1 Å². The highest BCUT2D eigenvalue weighted by molar-refractivity contribution is 5.39. The summed E-state index contributed by atoms with van der Waals surface area (Å²) in [6, 6.07) is 7.51. The lowest BCUT2D eigenvalue weighted by molar-refractivity contribution is 0.0981. The van der Waals surface area contributed by atoms with E-state index in [2.05, 4.69) is 33.3 Å². The molecule has 4 nitrogen and oxygen atoms in total. The number of benzene rings is 1. The number of nitrogens with zero attached hydrogens (tertiary/aromatic N) is 2. The highest BCUT2D eigenvalue weighted by atomic mass is 16.5. The summed E-state index contributed by atoms with van der Waals surface area (Å²) in [5.74, 6) is 1.09. The number of hydrogen-bond donors (Lipinski definition) is 1. The van der Waals surface area contributed by atoms with Gasteiger partial charge in [-0.2, -0.15) is 0 Å². The zero-order chi connectivity index (χ0) is 14.1. The Bertz CT molecular complexity index is 491. The summed E-state index contributed by atoms with van der Waals surface area (Å²) >= 11 is 0. The van der Waals surface area contributed by atoms with E-state index in [1.165, 1.54) is 56.8 Å². The predicted octanol–water partition coefficient (Wildman–Crippen LogP) is 1.10. The lowest BCUT2D eigenvalue weighted by atomic mass is 10.1. The van der Waals surface area contributed by atoms with Crippen LogP contribution in [0.1, 0.15) is 17.5 Å². The van der Waals surface area contributed by atoms with Crippen LogP contribution in [0.4, 0.5) is 0 Å². The summed E-state index contributed by atoms with van der Waals surface area (Å²) in [6.45, 7) is 9.17. The fourth-order valence-electron chi connectivity index (χ4n) is 3.83. The number of piperazine rings is 1. The van der Waals surface area contributed by atoms with Crippen LogP contribution in [0.5, 0.6) is 5.75 Å². The maximum atomic E-state index is 5.59. The van der Waals surface area contributed by atoms with Crippen LogP contribution < -0.4 is 10.1 Å². The van der Waals surface area contributed by atoms with E-state index in [4.69, 9.17) is 4.74 Å². The molecule has 1 aromatic rings. The van der Waals surface area contributed by atoms with Crippen LogP contribution in [-0.4, -0.2) is 61.7 Å². The van der Waals surface area contributed by atoms with Crippen molar-refractivity contribution in [2.75, 3.05) is 45.9 Å². The van der Waals surface area contributed by atoms with Gasteiger partial charge < -0.3 is 10.1 Å². The van der Waals surface area contributed by atoms with E-state index in [1.807, 2.05) is 0 Å². The van der Waals surface area contributed by atoms with Gasteiger partial charge in [-0.3, -0.25) is 9.80 Å². The van der Waals surface area contributed by atoms with Crippen LogP contribution in [0.2, 0.25) is 0 Å². The van der Waals surface area contributed by atoms with Gasteiger partial charge in [0.15, 0.2) is 0 Å². The maximum Gasteiger partial charge on any atom is 0.122 e. The summed E-state index contributed by atoms with van der Waals surface area (Å²) in [7, 11) is 0. The van der Waals surface area contributed by atoms with Crippen LogP contribution in [0, 0.1) is 0 Å². The van der Waals surface area contributed by atoms with Gasteiger partial charge in [0, 0.05) is 51.7 Å². The molecule has 0 aliphatic carbocycles. The van der Waals surface area contributed by atoms with Gasteiger partial charge in [0.1, 0.15) is 5.75 Å². The summed E-state index contributed by atoms with van der Waals surface area (Å²) < 4.78 is 5.59. The number of rotatable bonds is 3. The minimum atomic E-state index is 0.782. The first-order chi connectivity index (χ1) is 10.4. The van der Waals surface area contributed by atoms with Crippen molar-refractivity contribution in [2.24, 2.45) is 0 Å². The topological polar surface area (TPSA) is 27.7 Å². The van der Waals surface area contributed by atoms with Gasteiger partial charge in [0.05, 0.1) is 6.61 Å². The molecule has 1 atom stereocenters. The van der Waals surface area contributed by atoms with E-state index >= 15 is 0 Å². The van der Waals surface area contributed by atoms with Crippen molar-refractivity contribution in [3.8, 4) is 5.75 Å². The largest absolute Gasteiger partial charge is 0.493 e. The highest BCUT2D eigenvalue weighted by Crippen LogP contribution is 2.26. The van der Waals surface area contributed by atoms with Crippen molar-refractivity contribution in [1.82, 2.24) is 15.1 Å². The Balaban J connectivity index is 1.32. The average Bonchev–Trinajstić information content (AvgIpc) is 3.19. The normalized spacial score (nSPS) is 26.8. The molecule has 3 heterocycles. The monoisotopic (exact) mass is 287 g/mol. The fourth-order valence-corrected chi connectivity index (χ4v) is 3.83. The van der Waals surface area contributed by atoms with Gasteiger partial charge in [-0.15, -0.1) is 0 Å². The Morgan fingerprint density at radius 3 is 2.90 bits per heavy atom. The molecule has 0 radical (unpaired) electrons. The smallest absolute Gasteiger partial charge is 0.122 e. The summed E-state index contributed by atoms with van der Waals surface area (Å²) in [5, 5.41) is 3.48. The molecule has 3 aliphatic heterocycles. The zero-order valence-corrected chi connectivity index (χ0v) is 12.7. The van der Waals surface area contributed by atoms with Crippen LogP contribution in [0.3, 0.4) is 0 Å². The Labute approximate surface area is 127 Å². The summed E-state index contributed by atoms with van der Waals surface area (Å²) in [6.07, 6.45) is 2.40. The van der Waals surface area contributed by atoms with Crippen LogP contribution in [0.15, 0.2) is 18.2 Å². The van der Waals surface area contributed by atoms with Gasteiger partial charge in [-0.05, 0) is 30.2 Å². The maximum absolute atomic E-state index is 5.59. The fraction of sp³-hybridized carbons (Fsp3) is 0.647. The second-order valence-electron chi connectivity index (χ2n) is 6.50. The first kappa shape index (κ1) is 13.6. The third-order valence-corrected chi connectivity index (χ3v) is 5.12. The molecule has 0 amide bonds. The Morgan fingerprint density at radius 2 is 2.10 bits per heavy atom. The number of ether oxygens (including phenoxy) is 1. The quantitative estimate of drug-likeness (QED) is 0.901. The lowest BCUT2D eigenvalue weighted by Gasteiger charge is -2.37. The predicted molar refractivity (Wildman–Crippen MR) is 83.8 cm³/mol. The van der Waals surface area contributed by atoms with E-state index in [-0.39, 0.29) is 0 Å². The zero-order valence-electron chi connectivity index (χ0n) is 12.7. The van der Waals surface area contributed by atoms with Crippen molar-refractivity contribution >= 4 is 0 Å². The molecule has 1 N–H and O–H groups in total. The van der Waals surface area contributed by atoms with Crippen molar-refractivity contribution in [1.29, 1.82) is 0 Å². The molecule has 4 rings (SSSR count). The molecule has 21 heavy (non-hydrogen) atoms. The molecular weight excluding hydrogens is 262 g/mol. The standard InChI is InChI=1S/C17H25N3O/c1-2-17-15(4-10-21-17)11-14(1)13-19-6-8-20(9-7-19)16-3-5-18-12-16/h1-2,11,16,18H,3-10,12-13H2. The minimum absolute atomic E-state index is 0.782. The van der Waals surface area contributed by atoms with Crippen LogP contribution in [0.25, 0.3) is 0 Å². The SMILES string of the molecule is c1cc2c(cc1CN1CCN(C3CCNC3)CC1)CCO2. The molecule has 0 aromatic heterocycles. The number of fused-ring (bicyclic) bond motifs is 1. The second-order valence-corrected chi connectivity index (χ2v) is 6.50. The highest BCUT2D eigenvalue weighted by Gasteiger charge is 2.26. The average molecular weight is 287 g/mol. The van der Waals surface area contributed by atoms with E-state index in [0.29, 0.717) is 0 Å². The second kappa shape index (κ2) is 5.95. The minimum Gasteiger partial charge on any atom is -0.493 e. The number of hydrogen-bond acceptors (Lipinski definition) is 4. The van der Waals surface area contributed by atoms with Gasteiger partial charge in [-0.25, -0.2) is 0 Å². The lowest BCUT2D eigenvalue weighted by Crippen LogP contribution is -2.50. The Hall–Kier alpha value is -1.10. The molecule has 1 aromatic carbocycles. The molecule has 2 fully saturated rings. The summed E-state index contributed by atoms with van der Waals surface area (Å²) in [4.78, 5) is 5.27. The Kier molecular flexibility index (Phi) is 3.84. The first-order valence-electron chi connectivity index (χ1n) is 8.30. The van der Waals surface area contributed by atoms with Crippen LogP contribution >= 0.6 is 0 Å². The molecule has 114 valence electrons. The molecule has 0 spiro atoms. The molecular formula is C17H25N3O. The van der Waals surface area contributed by atoms with Crippen molar-refractivity contribution in [2.45, 2.75) is 25.4 Å². The van der Waals surface area contributed by atoms with E-state index < -0.39 is 0 Å². The molecule has 4 heteroatoms. The van der Waals surface area contributed by atoms with Crippen molar-refractivity contribution in [3.63, 3.8) is 0 Å². The van der Waals surface area contributed by atoms with Crippen molar-refractivity contribution < 1.29 is 4.74 Å². The molecule has 3 aliphatic rings. The third kappa shape index (κ3) is 2.93. The van der Waals surface area contributed by atoms with Gasteiger partial charge in [0.2, 0.25) is 0 Å². The van der Waals surface area contributed by atoms with E-state index in [0.717, 1.165) is 31.4 Å². The van der Waals surface area contributed by atoms with Crippen LogP contribution in [-0.2, 0) is 13.0 Å². The van der Waals surface area contributed by atoms with Gasteiger partial charge >= 0.3 is 0 Å². The molecule has 1 unspecified atom stereocenters. The van der Waals surface area contributed by atoms with E-state index in [1.54, 1.807) is 0 Å². The third-order valence-electron chi connectivity index (χ3n) is 5.12. The first-order valence-corrected chi connectivity index (χ1v) is 8.30. The Morgan fingerprint density at radius 1 is 1.19 bits per heavy atom. The van der Waals surface area contributed by atoms with E-state index in [9.17, 15) is 0 Å². The molecule has 0 saturated carbocycles. The van der Waals surface area contributed by atoms with Gasteiger partial charge in [0.25, 0.3) is 0 Å². The molecule has 2 saturated heterocycles. The number of nitrogens with one attached hydrogen (secondary N) is 1. The van der Waals surface area contributed by atoms with Crippen molar-refractivity contribution in [3.05, 3.63) is 29.3 Å². The summed E-state index contributed by atoms with van der Waals surface area (Å²) in [5.41, 5.74) is 2.83.